The lowest BCUT2D eigenvalue weighted by molar-refractivity contribution is 0.00939. The van der Waals surface area contributed by atoms with Crippen molar-refractivity contribution in [2.75, 3.05) is 7.05 Å². The van der Waals surface area contributed by atoms with E-state index in [1.54, 1.807) is 0 Å². The van der Waals surface area contributed by atoms with Crippen molar-refractivity contribution >= 4 is 0 Å². The fourth-order valence-corrected chi connectivity index (χ4v) is 2.47. The number of nitrogens with zero attached hydrogens (tertiary/aromatic N) is 1. The lowest BCUT2D eigenvalue weighted by Crippen LogP contribution is -2.45. The van der Waals surface area contributed by atoms with Gasteiger partial charge in [0.15, 0.2) is 0 Å². The van der Waals surface area contributed by atoms with E-state index >= 15 is 0 Å². The molecule has 0 aromatic carbocycles. The zero-order chi connectivity index (χ0) is 10.7. The molecule has 1 fully saturated rings. The average Bonchev–Trinajstić information content (AvgIpc) is 2.26. The third kappa shape index (κ3) is 2.66. The summed E-state index contributed by atoms with van der Waals surface area (Å²) in [6.07, 6.45) is 1.56. The monoisotopic (exact) mass is 205 g/mol. The van der Waals surface area contributed by atoms with Gasteiger partial charge in [0, 0.05) is 6.04 Å². The molecule has 0 aliphatic carbocycles. The quantitative estimate of drug-likeness (QED) is 0.669. The maximum atomic E-state index is 12.7. The average molecular weight is 205 g/mol. The number of rotatable bonds is 2. The molecule has 0 amide bonds. The van der Waals surface area contributed by atoms with Crippen LogP contribution in [-0.4, -0.2) is 30.5 Å². The topological polar surface area (TPSA) is 3.24 Å². The minimum atomic E-state index is -2.20. The van der Waals surface area contributed by atoms with Crippen molar-refractivity contribution in [3.05, 3.63) is 0 Å². The summed E-state index contributed by atoms with van der Waals surface area (Å²) in [5, 5.41) is 0. The first kappa shape index (κ1) is 11.9. The van der Waals surface area contributed by atoms with E-state index in [0.29, 0.717) is 18.4 Å². The van der Waals surface area contributed by atoms with Gasteiger partial charge in [0.25, 0.3) is 6.43 Å². The van der Waals surface area contributed by atoms with Gasteiger partial charge in [0.2, 0.25) is 0 Å². The highest BCUT2D eigenvalue weighted by atomic mass is 19.3. The second-order valence-electron chi connectivity index (χ2n) is 4.66. The van der Waals surface area contributed by atoms with E-state index in [1.165, 1.54) is 0 Å². The van der Waals surface area contributed by atoms with Crippen LogP contribution in [0.25, 0.3) is 0 Å². The van der Waals surface area contributed by atoms with Gasteiger partial charge in [-0.25, -0.2) is 8.78 Å². The normalized spacial score (nSPS) is 31.1. The van der Waals surface area contributed by atoms with E-state index < -0.39 is 12.5 Å². The number of halogens is 2. The molecule has 1 rings (SSSR count). The summed E-state index contributed by atoms with van der Waals surface area (Å²) in [7, 11) is 1.85. The molecule has 0 aromatic rings. The molecule has 0 spiro atoms. The highest BCUT2D eigenvalue weighted by Gasteiger charge is 2.32. The first-order valence-electron chi connectivity index (χ1n) is 5.54. The van der Waals surface area contributed by atoms with Gasteiger partial charge in [-0.3, -0.25) is 4.90 Å². The highest BCUT2D eigenvalue weighted by molar-refractivity contribution is 4.83. The molecule has 0 N–H and O–H groups in total. The van der Waals surface area contributed by atoms with E-state index in [4.69, 9.17) is 0 Å². The van der Waals surface area contributed by atoms with Crippen LogP contribution in [0.4, 0.5) is 8.78 Å². The Hall–Kier alpha value is -0.180. The SMILES string of the molecule is CC(C)C1CCCCC(C(F)F)N1C. The van der Waals surface area contributed by atoms with Crippen LogP contribution in [0.1, 0.15) is 39.5 Å². The van der Waals surface area contributed by atoms with Crippen LogP contribution in [0.3, 0.4) is 0 Å². The standard InChI is InChI=1S/C11H21F2N/c1-8(2)9-6-4-5-7-10(11(12)13)14(9)3/h8-11H,4-7H2,1-3H3. The smallest absolute Gasteiger partial charge is 0.253 e. The van der Waals surface area contributed by atoms with Crippen molar-refractivity contribution < 1.29 is 8.78 Å². The van der Waals surface area contributed by atoms with E-state index in [9.17, 15) is 8.78 Å². The maximum Gasteiger partial charge on any atom is 0.253 e. The van der Waals surface area contributed by atoms with Crippen molar-refractivity contribution in [2.24, 2.45) is 5.92 Å². The summed E-state index contributed by atoms with van der Waals surface area (Å²) in [4.78, 5) is 1.91. The van der Waals surface area contributed by atoms with Gasteiger partial charge in [-0.15, -0.1) is 0 Å². The van der Waals surface area contributed by atoms with Crippen LogP contribution < -0.4 is 0 Å². The van der Waals surface area contributed by atoms with Crippen LogP contribution in [0.2, 0.25) is 0 Å². The molecule has 1 aliphatic heterocycles. The second-order valence-corrected chi connectivity index (χ2v) is 4.66. The molecule has 1 saturated heterocycles. The van der Waals surface area contributed by atoms with Gasteiger partial charge >= 0.3 is 0 Å². The van der Waals surface area contributed by atoms with Gasteiger partial charge in [-0.05, 0) is 25.8 Å². The maximum absolute atomic E-state index is 12.7. The Labute approximate surface area is 85.5 Å². The van der Waals surface area contributed by atoms with Gasteiger partial charge in [-0.1, -0.05) is 26.7 Å². The molecular formula is C11H21F2N. The summed E-state index contributed by atoms with van der Waals surface area (Å²) >= 11 is 0. The first-order chi connectivity index (χ1) is 6.54. The third-order valence-electron chi connectivity index (χ3n) is 3.36. The molecule has 2 unspecified atom stereocenters. The first-order valence-corrected chi connectivity index (χ1v) is 5.54. The van der Waals surface area contributed by atoms with Gasteiger partial charge in [-0.2, -0.15) is 0 Å². The van der Waals surface area contributed by atoms with Crippen molar-refractivity contribution in [1.29, 1.82) is 0 Å². The molecule has 3 heteroatoms. The Morgan fingerprint density at radius 1 is 1.07 bits per heavy atom. The summed E-state index contributed by atoms with van der Waals surface area (Å²) < 4.78 is 25.5. The van der Waals surface area contributed by atoms with E-state index in [0.717, 1.165) is 19.3 Å². The molecule has 2 atom stereocenters. The zero-order valence-electron chi connectivity index (χ0n) is 9.34. The molecule has 1 aliphatic rings. The van der Waals surface area contributed by atoms with Crippen molar-refractivity contribution in [3.63, 3.8) is 0 Å². The van der Waals surface area contributed by atoms with E-state index in [1.807, 2.05) is 11.9 Å². The predicted octanol–water partition coefficient (Wildman–Crippen LogP) is 3.15. The van der Waals surface area contributed by atoms with Crippen LogP contribution in [0.15, 0.2) is 0 Å². The molecular weight excluding hydrogens is 184 g/mol. The number of likely N-dealkylation sites (tertiary alicyclic amines) is 1. The molecule has 84 valence electrons. The van der Waals surface area contributed by atoms with Crippen molar-refractivity contribution in [2.45, 2.75) is 58.0 Å². The minimum absolute atomic E-state index is 0.330. The number of hydrogen-bond acceptors (Lipinski definition) is 1. The van der Waals surface area contributed by atoms with Crippen LogP contribution in [0.5, 0.6) is 0 Å². The molecule has 0 aromatic heterocycles. The fourth-order valence-electron chi connectivity index (χ4n) is 2.47. The Balaban J connectivity index is 2.69. The molecule has 1 heterocycles. The largest absolute Gasteiger partial charge is 0.295 e. The van der Waals surface area contributed by atoms with Crippen LogP contribution in [-0.2, 0) is 0 Å². The Morgan fingerprint density at radius 3 is 2.00 bits per heavy atom. The third-order valence-corrected chi connectivity index (χ3v) is 3.36. The Kier molecular flexibility index (Phi) is 4.30. The number of alkyl halides is 2. The van der Waals surface area contributed by atoms with Gasteiger partial charge in [0.05, 0.1) is 6.04 Å². The lowest BCUT2D eigenvalue weighted by Gasteiger charge is -2.34. The fraction of sp³-hybridized carbons (Fsp3) is 1.00. The highest BCUT2D eigenvalue weighted by Crippen LogP contribution is 2.27. The second kappa shape index (κ2) is 5.06. The molecule has 0 radical (unpaired) electrons. The van der Waals surface area contributed by atoms with E-state index in [2.05, 4.69) is 13.8 Å². The van der Waals surface area contributed by atoms with Gasteiger partial charge in [0.1, 0.15) is 0 Å². The molecule has 0 saturated carbocycles. The van der Waals surface area contributed by atoms with Gasteiger partial charge < -0.3 is 0 Å². The van der Waals surface area contributed by atoms with Crippen molar-refractivity contribution in [3.8, 4) is 0 Å². The predicted molar refractivity (Wildman–Crippen MR) is 54.6 cm³/mol. The molecule has 1 nitrogen and oxygen atoms in total. The Morgan fingerprint density at radius 2 is 1.57 bits per heavy atom. The Bertz CT molecular complexity index is 153. The summed E-state index contributed by atoms with van der Waals surface area (Å²) in [6.45, 7) is 4.24. The van der Waals surface area contributed by atoms with Crippen LogP contribution in [0, 0.1) is 5.92 Å². The summed E-state index contributed by atoms with van der Waals surface area (Å²) in [5.74, 6) is 0.472. The molecule has 14 heavy (non-hydrogen) atoms. The summed E-state index contributed by atoms with van der Waals surface area (Å²) in [5.41, 5.74) is 0. The summed E-state index contributed by atoms with van der Waals surface area (Å²) in [6, 6.07) is -0.193. The number of hydrogen-bond donors (Lipinski definition) is 0. The molecule has 0 bridgehead atoms. The van der Waals surface area contributed by atoms with Crippen LogP contribution >= 0.6 is 0 Å². The lowest BCUT2D eigenvalue weighted by atomic mass is 9.98. The van der Waals surface area contributed by atoms with E-state index in [-0.39, 0.29) is 0 Å². The minimum Gasteiger partial charge on any atom is -0.295 e. The zero-order valence-corrected chi connectivity index (χ0v) is 9.34. The van der Waals surface area contributed by atoms with Crippen molar-refractivity contribution in [1.82, 2.24) is 4.90 Å².